The molecular weight excluding hydrogens is 221 g/mol. The van der Waals surface area contributed by atoms with Crippen LogP contribution in [-0.2, 0) is 4.79 Å². The first-order valence-electron chi connectivity index (χ1n) is 5.87. The monoisotopic (exact) mass is 239 g/mol. The maximum atomic E-state index is 12.6. The Kier molecular flexibility index (Phi) is 6.07. The van der Waals surface area contributed by atoms with Crippen molar-refractivity contribution in [3.63, 3.8) is 0 Å². The first-order valence-corrected chi connectivity index (χ1v) is 5.87. The molecule has 1 N–H and O–H groups in total. The van der Waals surface area contributed by atoms with E-state index in [1.165, 1.54) is 12.1 Å². The Balaban J connectivity index is 2.14. The quantitative estimate of drug-likeness (QED) is 0.742. The Morgan fingerprint density at radius 3 is 2.71 bits per heavy atom. The summed E-state index contributed by atoms with van der Waals surface area (Å²) in [6.07, 6.45) is 2.37. The molecule has 0 unspecified atom stereocenters. The molecule has 1 rings (SSSR count). The van der Waals surface area contributed by atoms with Gasteiger partial charge in [0.1, 0.15) is 11.6 Å². The zero-order chi connectivity index (χ0) is 12.5. The Bertz CT molecular complexity index is 338. The molecule has 3 nitrogen and oxygen atoms in total. The summed E-state index contributed by atoms with van der Waals surface area (Å²) in [5.41, 5.74) is 0. The van der Waals surface area contributed by atoms with Gasteiger partial charge in [-0.05, 0) is 30.7 Å². The van der Waals surface area contributed by atoms with Crippen molar-refractivity contribution in [2.24, 2.45) is 0 Å². The highest BCUT2D eigenvalue weighted by molar-refractivity contribution is 5.75. The number of unbranched alkanes of at least 4 members (excludes halogenated alkanes) is 1. The van der Waals surface area contributed by atoms with Crippen LogP contribution in [0.25, 0.3) is 0 Å². The fraction of sp³-hybridized carbons (Fsp3) is 0.462. The van der Waals surface area contributed by atoms with Crippen LogP contribution < -0.4 is 10.1 Å². The van der Waals surface area contributed by atoms with Crippen molar-refractivity contribution in [3.8, 4) is 5.75 Å². The van der Waals surface area contributed by atoms with Gasteiger partial charge < -0.3 is 10.1 Å². The maximum Gasteiger partial charge on any atom is 0.223 e. The molecule has 0 aliphatic rings. The number of amides is 1. The lowest BCUT2D eigenvalue weighted by Crippen LogP contribution is -2.25. The summed E-state index contributed by atoms with van der Waals surface area (Å²) in [4.78, 5) is 11.3. The van der Waals surface area contributed by atoms with Crippen LogP contribution in [-0.4, -0.2) is 19.1 Å². The van der Waals surface area contributed by atoms with Crippen LogP contribution in [0.5, 0.6) is 5.75 Å². The van der Waals surface area contributed by atoms with Gasteiger partial charge in [-0.2, -0.15) is 0 Å². The minimum absolute atomic E-state index is 0.0134. The van der Waals surface area contributed by atoms with E-state index in [4.69, 9.17) is 4.74 Å². The van der Waals surface area contributed by atoms with Crippen molar-refractivity contribution in [2.75, 3.05) is 13.2 Å². The number of nitrogens with one attached hydrogen (secondary N) is 1. The number of carbonyl (C=O) groups is 1. The zero-order valence-electron chi connectivity index (χ0n) is 10.0. The van der Waals surface area contributed by atoms with E-state index in [1.807, 2.05) is 0 Å². The van der Waals surface area contributed by atoms with Crippen LogP contribution in [0.2, 0.25) is 0 Å². The minimum Gasteiger partial charge on any atom is -0.493 e. The Morgan fingerprint density at radius 2 is 2.06 bits per heavy atom. The fourth-order valence-electron chi connectivity index (χ4n) is 1.29. The third-order valence-corrected chi connectivity index (χ3v) is 2.26. The highest BCUT2D eigenvalue weighted by atomic mass is 19.1. The van der Waals surface area contributed by atoms with Gasteiger partial charge in [0.25, 0.3) is 0 Å². The molecule has 0 aliphatic heterocycles. The van der Waals surface area contributed by atoms with E-state index in [0.717, 1.165) is 12.8 Å². The minimum atomic E-state index is -0.297. The van der Waals surface area contributed by atoms with Crippen LogP contribution in [0.4, 0.5) is 4.39 Å². The number of rotatable bonds is 7. The molecule has 4 heteroatoms. The topological polar surface area (TPSA) is 38.3 Å². The van der Waals surface area contributed by atoms with Gasteiger partial charge in [-0.3, -0.25) is 4.79 Å². The van der Waals surface area contributed by atoms with Crippen LogP contribution >= 0.6 is 0 Å². The molecule has 1 amide bonds. The number of hydrogen-bond acceptors (Lipinski definition) is 2. The first kappa shape index (κ1) is 13.5. The summed E-state index contributed by atoms with van der Waals surface area (Å²) in [6, 6.07) is 5.75. The second-order valence-electron chi connectivity index (χ2n) is 3.76. The van der Waals surface area contributed by atoms with E-state index < -0.39 is 0 Å². The summed E-state index contributed by atoms with van der Waals surface area (Å²) >= 11 is 0. The lowest BCUT2D eigenvalue weighted by Gasteiger charge is -2.06. The molecule has 0 aliphatic carbocycles. The molecular formula is C13H18FNO2. The summed E-state index contributed by atoms with van der Waals surface area (Å²) in [5, 5.41) is 2.80. The zero-order valence-corrected chi connectivity index (χ0v) is 10.0. The molecule has 0 heterocycles. The van der Waals surface area contributed by atoms with E-state index in [9.17, 15) is 9.18 Å². The predicted octanol–water partition coefficient (Wildman–Crippen LogP) is 2.51. The van der Waals surface area contributed by atoms with Gasteiger partial charge in [-0.1, -0.05) is 13.3 Å². The van der Waals surface area contributed by atoms with Gasteiger partial charge >= 0.3 is 0 Å². The Labute approximate surface area is 101 Å². The molecule has 0 aromatic heterocycles. The van der Waals surface area contributed by atoms with Crippen molar-refractivity contribution in [1.82, 2.24) is 5.32 Å². The first-order chi connectivity index (χ1) is 8.22. The maximum absolute atomic E-state index is 12.6. The molecule has 0 saturated carbocycles. The largest absolute Gasteiger partial charge is 0.493 e. The van der Waals surface area contributed by atoms with E-state index in [1.54, 1.807) is 12.1 Å². The van der Waals surface area contributed by atoms with E-state index >= 15 is 0 Å². The van der Waals surface area contributed by atoms with Gasteiger partial charge in [0.05, 0.1) is 13.0 Å². The molecule has 1 aromatic rings. The second kappa shape index (κ2) is 7.65. The molecule has 0 spiro atoms. The lowest BCUT2D eigenvalue weighted by molar-refractivity contribution is -0.121. The Morgan fingerprint density at radius 1 is 1.35 bits per heavy atom. The average molecular weight is 239 g/mol. The Hall–Kier alpha value is -1.58. The van der Waals surface area contributed by atoms with Crippen LogP contribution in [0.3, 0.4) is 0 Å². The van der Waals surface area contributed by atoms with Crippen molar-refractivity contribution in [2.45, 2.75) is 26.2 Å². The number of hydrogen-bond donors (Lipinski definition) is 1. The van der Waals surface area contributed by atoms with Gasteiger partial charge in [0, 0.05) is 6.54 Å². The van der Waals surface area contributed by atoms with E-state index in [-0.39, 0.29) is 11.7 Å². The standard InChI is InChI=1S/C13H18FNO2/c1-2-3-9-15-13(16)8-10-17-12-6-4-11(14)5-7-12/h4-7H,2-3,8-10H2,1H3,(H,15,16). The molecule has 1 aromatic carbocycles. The molecule has 0 bridgehead atoms. The summed E-state index contributed by atoms with van der Waals surface area (Å²) in [6.45, 7) is 3.10. The third kappa shape index (κ3) is 5.90. The molecule has 0 saturated heterocycles. The smallest absolute Gasteiger partial charge is 0.223 e. The van der Waals surface area contributed by atoms with Gasteiger partial charge in [-0.25, -0.2) is 4.39 Å². The van der Waals surface area contributed by atoms with Gasteiger partial charge in [0.15, 0.2) is 0 Å². The third-order valence-electron chi connectivity index (χ3n) is 2.26. The fourth-order valence-corrected chi connectivity index (χ4v) is 1.29. The van der Waals surface area contributed by atoms with Gasteiger partial charge in [-0.15, -0.1) is 0 Å². The molecule has 17 heavy (non-hydrogen) atoms. The van der Waals surface area contributed by atoms with Crippen molar-refractivity contribution in [3.05, 3.63) is 30.1 Å². The molecule has 0 atom stereocenters. The average Bonchev–Trinajstić information content (AvgIpc) is 2.32. The summed E-state index contributed by atoms with van der Waals surface area (Å²) in [5.74, 6) is 0.267. The SMILES string of the molecule is CCCCNC(=O)CCOc1ccc(F)cc1. The van der Waals surface area contributed by atoms with E-state index in [2.05, 4.69) is 12.2 Å². The molecule has 0 fully saturated rings. The highest BCUT2D eigenvalue weighted by Crippen LogP contribution is 2.10. The number of carbonyl (C=O) groups excluding carboxylic acids is 1. The second-order valence-corrected chi connectivity index (χ2v) is 3.76. The van der Waals surface area contributed by atoms with Crippen molar-refractivity contribution < 1.29 is 13.9 Å². The van der Waals surface area contributed by atoms with Crippen molar-refractivity contribution in [1.29, 1.82) is 0 Å². The van der Waals surface area contributed by atoms with Crippen LogP contribution in [0, 0.1) is 5.82 Å². The van der Waals surface area contributed by atoms with Crippen LogP contribution in [0.1, 0.15) is 26.2 Å². The normalized spacial score (nSPS) is 10.0. The molecule has 0 radical (unpaired) electrons. The van der Waals surface area contributed by atoms with E-state index in [0.29, 0.717) is 25.3 Å². The van der Waals surface area contributed by atoms with Crippen molar-refractivity contribution >= 4 is 5.91 Å². The van der Waals surface area contributed by atoms with Gasteiger partial charge in [0.2, 0.25) is 5.91 Å². The lowest BCUT2D eigenvalue weighted by atomic mass is 10.3. The number of benzene rings is 1. The predicted molar refractivity (Wildman–Crippen MR) is 64.4 cm³/mol. The van der Waals surface area contributed by atoms with Crippen LogP contribution in [0.15, 0.2) is 24.3 Å². The molecule has 94 valence electrons. The summed E-state index contributed by atoms with van der Waals surface area (Å²) in [7, 11) is 0. The number of halogens is 1. The number of ether oxygens (including phenoxy) is 1. The highest BCUT2D eigenvalue weighted by Gasteiger charge is 2.01. The summed E-state index contributed by atoms with van der Waals surface area (Å²) < 4.78 is 17.9.